The standard InChI is InChI=1S/C19H26N2O4/c1-23-16-9-13-5-8-21-11-18(19(22)20-6-3-4-7-20)25-12-15(21)14(13)10-17(16)24-2/h9-10,15,18H,3-8,11-12H2,1-2H3/t15-,18-/m1/s1. The first kappa shape index (κ1) is 16.7. The van der Waals surface area contributed by atoms with E-state index in [0.29, 0.717) is 13.2 Å². The number of carbonyl (C=O) groups excluding carboxylic acids is 1. The van der Waals surface area contributed by atoms with Gasteiger partial charge in [-0.05, 0) is 42.5 Å². The Balaban J connectivity index is 1.53. The fourth-order valence-electron chi connectivity index (χ4n) is 4.26. The number of rotatable bonds is 3. The Kier molecular flexibility index (Phi) is 4.56. The van der Waals surface area contributed by atoms with Crippen LogP contribution in [0.5, 0.6) is 11.5 Å². The summed E-state index contributed by atoms with van der Waals surface area (Å²) in [6.07, 6.45) is 2.85. The Hall–Kier alpha value is -1.79. The number of methoxy groups -OCH3 is 2. The second-order valence-corrected chi connectivity index (χ2v) is 7.02. The minimum Gasteiger partial charge on any atom is -0.493 e. The first-order chi connectivity index (χ1) is 12.2. The van der Waals surface area contributed by atoms with Gasteiger partial charge < -0.3 is 19.1 Å². The van der Waals surface area contributed by atoms with E-state index < -0.39 is 0 Å². The molecule has 2 atom stereocenters. The van der Waals surface area contributed by atoms with Gasteiger partial charge in [0.1, 0.15) is 6.10 Å². The van der Waals surface area contributed by atoms with Crippen molar-refractivity contribution >= 4 is 5.91 Å². The molecule has 6 heteroatoms. The highest BCUT2D eigenvalue weighted by atomic mass is 16.5. The van der Waals surface area contributed by atoms with Crippen molar-refractivity contribution in [1.29, 1.82) is 0 Å². The summed E-state index contributed by atoms with van der Waals surface area (Å²) in [4.78, 5) is 17.0. The number of ether oxygens (including phenoxy) is 3. The molecule has 0 aliphatic carbocycles. The van der Waals surface area contributed by atoms with Crippen LogP contribution in [0.3, 0.4) is 0 Å². The van der Waals surface area contributed by atoms with Gasteiger partial charge in [-0.3, -0.25) is 9.69 Å². The third kappa shape index (κ3) is 2.98. The van der Waals surface area contributed by atoms with Crippen LogP contribution in [0, 0.1) is 0 Å². The maximum atomic E-state index is 12.6. The van der Waals surface area contributed by atoms with E-state index in [2.05, 4.69) is 17.0 Å². The van der Waals surface area contributed by atoms with Crippen molar-refractivity contribution < 1.29 is 19.0 Å². The molecule has 0 saturated carbocycles. The molecule has 1 aromatic rings. The van der Waals surface area contributed by atoms with Crippen LogP contribution in [-0.4, -0.2) is 68.8 Å². The molecule has 0 aromatic heterocycles. The number of morpholine rings is 1. The van der Waals surface area contributed by atoms with Crippen LogP contribution in [-0.2, 0) is 16.0 Å². The van der Waals surface area contributed by atoms with Crippen LogP contribution in [0.4, 0.5) is 0 Å². The van der Waals surface area contributed by atoms with Crippen LogP contribution in [0.15, 0.2) is 12.1 Å². The van der Waals surface area contributed by atoms with Crippen LogP contribution < -0.4 is 9.47 Å². The molecule has 6 nitrogen and oxygen atoms in total. The zero-order chi connectivity index (χ0) is 17.4. The second kappa shape index (κ2) is 6.84. The van der Waals surface area contributed by atoms with Gasteiger partial charge in [0.05, 0.1) is 26.9 Å². The lowest BCUT2D eigenvalue weighted by Gasteiger charge is -2.43. The zero-order valence-electron chi connectivity index (χ0n) is 15.0. The SMILES string of the molecule is COc1cc2c(cc1OC)[C@H]1CO[C@@H](C(=O)N3CCCC3)CN1CC2. The number of likely N-dealkylation sites (tertiary alicyclic amines) is 1. The molecular formula is C19H26N2O4. The first-order valence-electron chi connectivity index (χ1n) is 9.10. The smallest absolute Gasteiger partial charge is 0.253 e. The van der Waals surface area contributed by atoms with Crippen molar-refractivity contribution in [3.8, 4) is 11.5 Å². The predicted octanol–water partition coefficient (Wildman–Crippen LogP) is 1.62. The molecule has 1 aromatic carbocycles. The van der Waals surface area contributed by atoms with Crippen molar-refractivity contribution in [2.24, 2.45) is 0 Å². The molecule has 0 unspecified atom stereocenters. The maximum Gasteiger partial charge on any atom is 0.253 e. The van der Waals surface area contributed by atoms with Crippen molar-refractivity contribution in [2.45, 2.75) is 31.4 Å². The van der Waals surface area contributed by atoms with Gasteiger partial charge in [-0.25, -0.2) is 0 Å². The summed E-state index contributed by atoms with van der Waals surface area (Å²) in [6, 6.07) is 4.33. The van der Waals surface area contributed by atoms with E-state index in [4.69, 9.17) is 14.2 Å². The second-order valence-electron chi connectivity index (χ2n) is 7.02. The van der Waals surface area contributed by atoms with Crippen molar-refractivity contribution in [3.63, 3.8) is 0 Å². The number of hydrogen-bond donors (Lipinski definition) is 0. The van der Waals surface area contributed by atoms with Gasteiger partial charge in [-0.1, -0.05) is 0 Å². The Morgan fingerprint density at radius 1 is 1.12 bits per heavy atom. The van der Waals surface area contributed by atoms with Crippen molar-refractivity contribution in [1.82, 2.24) is 9.80 Å². The number of benzene rings is 1. The molecule has 25 heavy (non-hydrogen) atoms. The summed E-state index contributed by atoms with van der Waals surface area (Å²) >= 11 is 0. The number of hydrogen-bond acceptors (Lipinski definition) is 5. The fourth-order valence-corrected chi connectivity index (χ4v) is 4.26. The van der Waals surface area contributed by atoms with Crippen LogP contribution >= 0.6 is 0 Å². The molecule has 136 valence electrons. The third-order valence-electron chi connectivity index (χ3n) is 5.66. The largest absolute Gasteiger partial charge is 0.493 e. The molecule has 2 fully saturated rings. The first-order valence-corrected chi connectivity index (χ1v) is 9.10. The van der Waals surface area contributed by atoms with E-state index >= 15 is 0 Å². The summed E-state index contributed by atoms with van der Waals surface area (Å²) in [5.74, 6) is 1.68. The van der Waals surface area contributed by atoms with E-state index in [9.17, 15) is 4.79 Å². The fraction of sp³-hybridized carbons (Fsp3) is 0.632. The van der Waals surface area contributed by atoms with Gasteiger partial charge >= 0.3 is 0 Å². The third-order valence-corrected chi connectivity index (χ3v) is 5.66. The molecule has 3 heterocycles. The van der Waals surface area contributed by atoms with Crippen LogP contribution in [0.25, 0.3) is 0 Å². The molecule has 3 aliphatic heterocycles. The maximum absolute atomic E-state index is 12.6. The Labute approximate surface area is 148 Å². The van der Waals surface area contributed by atoms with Crippen LogP contribution in [0.1, 0.15) is 30.0 Å². The van der Waals surface area contributed by atoms with E-state index in [1.165, 1.54) is 11.1 Å². The molecular weight excluding hydrogens is 320 g/mol. The lowest BCUT2D eigenvalue weighted by atomic mass is 9.91. The lowest BCUT2D eigenvalue weighted by molar-refractivity contribution is -0.152. The van der Waals surface area contributed by atoms with Crippen LogP contribution in [0.2, 0.25) is 0 Å². The molecule has 0 N–H and O–H groups in total. The molecule has 3 aliphatic rings. The number of fused-ring (bicyclic) bond motifs is 3. The average molecular weight is 346 g/mol. The van der Waals surface area contributed by atoms with E-state index in [0.717, 1.165) is 50.4 Å². The zero-order valence-corrected chi connectivity index (χ0v) is 15.0. The van der Waals surface area contributed by atoms with Crippen molar-refractivity contribution in [2.75, 3.05) is 47.0 Å². The Bertz CT molecular complexity index is 657. The normalized spacial score (nSPS) is 26.1. The summed E-state index contributed by atoms with van der Waals surface area (Å²) in [5, 5.41) is 0. The van der Waals surface area contributed by atoms with E-state index in [1.54, 1.807) is 14.2 Å². The topological polar surface area (TPSA) is 51.2 Å². The Morgan fingerprint density at radius 3 is 2.56 bits per heavy atom. The highest BCUT2D eigenvalue weighted by Gasteiger charge is 2.39. The van der Waals surface area contributed by atoms with Gasteiger partial charge in [0.25, 0.3) is 5.91 Å². The quantitative estimate of drug-likeness (QED) is 0.833. The highest BCUT2D eigenvalue weighted by molar-refractivity contribution is 5.81. The summed E-state index contributed by atoms with van der Waals surface area (Å²) in [5.41, 5.74) is 2.52. The molecule has 2 saturated heterocycles. The molecule has 1 amide bonds. The number of nitrogens with zero attached hydrogens (tertiary/aromatic N) is 2. The minimum atomic E-state index is -0.323. The van der Waals surface area contributed by atoms with E-state index in [-0.39, 0.29) is 18.1 Å². The Morgan fingerprint density at radius 2 is 1.84 bits per heavy atom. The van der Waals surface area contributed by atoms with Gasteiger partial charge in [0.2, 0.25) is 0 Å². The van der Waals surface area contributed by atoms with Gasteiger partial charge in [-0.15, -0.1) is 0 Å². The number of amides is 1. The predicted molar refractivity (Wildman–Crippen MR) is 93.1 cm³/mol. The van der Waals surface area contributed by atoms with Gasteiger partial charge in [0, 0.05) is 26.2 Å². The molecule has 0 spiro atoms. The summed E-state index contributed by atoms with van der Waals surface area (Å²) in [7, 11) is 3.32. The van der Waals surface area contributed by atoms with Gasteiger partial charge in [-0.2, -0.15) is 0 Å². The molecule has 0 bridgehead atoms. The van der Waals surface area contributed by atoms with E-state index in [1.807, 2.05) is 4.90 Å². The average Bonchev–Trinajstić information content (AvgIpc) is 3.20. The monoisotopic (exact) mass is 346 g/mol. The summed E-state index contributed by atoms with van der Waals surface area (Å²) < 4.78 is 16.9. The summed E-state index contributed by atoms with van der Waals surface area (Å²) in [6.45, 7) is 3.92. The molecule has 0 radical (unpaired) electrons. The molecule has 4 rings (SSSR count). The number of carbonyl (C=O) groups is 1. The lowest BCUT2D eigenvalue weighted by Crippen LogP contribution is -2.53. The minimum absolute atomic E-state index is 0.161. The van der Waals surface area contributed by atoms with Crippen molar-refractivity contribution in [3.05, 3.63) is 23.3 Å². The van der Waals surface area contributed by atoms with Gasteiger partial charge in [0.15, 0.2) is 11.5 Å². The highest BCUT2D eigenvalue weighted by Crippen LogP contribution is 2.39.